The van der Waals surface area contributed by atoms with Crippen LogP contribution >= 0.6 is 0 Å². The number of nitriles is 1. The second-order valence-electron chi connectivity index (χ2n) is 4.51. The van der Waals surface area contributed by atoms with Gasteiger partial charge >= 0.3 is 0 Å². The first-order valence-electron chi connectivity index (χ1n) is 5.55. The van der Waals surface area contributed by atoms with Gasteiger partial charge in [0.05, 0.1) is 12.7 Å². The quantitative estimate of drug-likeness (QED) is 0.678. The molecule has 2 fully saturated rings. The van der Waals surface area contributed by atoms with Crippen molar-refractivity contribution in [2.24, 2.45) is 11.8 Å². The Bertz CT molecular complexity index is 218. The Morgan fingerprint density at radius 2 is 2.29 bits per heavy atom. The molecule has 2 rings (SSSR count). The lowest BCUT2D eigenvalue weighted by Crippen LogP contribution is -2.27. The SMILES string of the molecule is N#CCC1CCN(CC2CCOC2)C1. The molecule has 2 aliphatic rings. The lowest BCUT2D eigenvalue weighted by Gasteiger charge is -2.18. The predicted octanol–water partition coefficient (Wildman–Crippen LogP) is 1.26. The zero-order valence-corrected chi connectivity index (χ0v) is 8.61. The van der Waals surface area contributed by atoms with Crippen molar-refractivity contribution in [3.05, 3.63) is 0 Å². The van der Waals surface area contributed by atoms with E-state index in [1.807, 2.05) is 0 Å². The molecule has 0 bridgehead atoms. The van der Waals surface area contributed by atoms with Crippen molar-refractivity contribution in [3.63, 3.8) is 0 Å². The number of ether oxygens (including phenoxy) is 1. The van der Waals surface area contributed by atoms with Gasteiger partial charge < -0.3 is 9.64 Å². The van der Waals surface area contributed by atoms with Crippen LogP contribution in [0.15, 0.2) is 0 Å². The Morgan fingerprint density at radius 3 is 3.00 bits per heavy atom. The molecule has 0 radical (unpaired) electrons. The maximum atomic E-state index is 8.61. The fraction of sp³-hybridized carbons (Fsp3) is 0.909. The van der Waals surface area contributed by atoms with Crippen LogP contribution in [0.25, 0.3) is 0 Å². The summed E-state index contributed by atoms with van der Waals surface area (Å²) in [6.45, 7) is 5.38. The van der Waals surface area contributed by atoms with E-state index in [2.05, 4.69) is 11.0 Å². The highest BCUT2D eigenvalue weighted by molar-refractivity contribution is 4.84. The van der Waals surface area contributed by atoms with Gasteiger partial charge in [-0.3, -0.25) is 0 Å². The summed E-state index contributed by atoms with van der Waals surface area (Å²) in [6, 6.07) is 2.27. The van der Waals surface area contributed by atoms with E-state index < -0.39 is 0 Å². The molecule has 0 aromatic heterocycles. The summed E-state index contributed by atoms with van der Waals surface area (Å²) in [4.78, 5) is 2.50. The third kappa shape index (κ3) is 2.46. The molecular formula is C11H18N2O. The Labute approximate surface area is 85.6 Å². The van der Waals surface area contributed by atoms with Crippen molar-refractivity contribution >= 4 is 0 Å². The largest absolute Gasteiger partial charge is 0.381 e. The summed E-state index contributed by atoms with van der Waals surface area (Å²) < 4.78 is 5.36. The minimum Gasteiger partial charge on any atom is -0.381 e. The van der Waals surface area contributed by atoms with Gasteiger partial charge in [-0.15, -0.1) is 0 Å². The van der Waals surface area contributed by atoms with Crippen LogP contribution in [0.2, 0.25) is 0 Å². The molecule has 0 spiro atoms. The Balaban J connectivity index is 1.70. The molecule has 14 heavy (non-hydrogen) atoms. The molecule has 0 aliphatic carbocycles. The van der Waals surface area contributed by atoms with Crippen molar-refractivity contribution in [3.8, 4) is 6.07 Å². The Hall–Kier alpha value is -0.590. The fourth-order valence-corrected chi connectivity index (χ4v) is 2.47. The molecule has 0 amide bonds. The molecule has 0 aromatic rings. The van der Waals surface area contributed by atoms with Crippen molar-refractivity contribution in [2.75, 3.05) is 32.8 Å². The number of hydrogen-bond acceptors (Lipinski definition) is 3. The summed E-state index contributed by atoms with van der Waals surface area (Å²) in [5.74, 6) is 1.37. The topological polar surface area (TPSA) is 36.3 Å². The van der Waals surface area contributed by atoms with Gasteiger partial charge in [0.15, 0.2) is 0 Å². The summed E-state index contributed by atoms with van der Waals surface area (Å²) in [7, 11) is 0. The highest BCUT2D eigenvalue weighted by Gasteiger charge is 2.25. The van der Waals surface area contributed by atoms with Gasteiger partial charge in [-0.25, -0.2) is 0 Å². The highest BCUT2D eigenvalue weighted by Crippen LogP contribution is 2.22. The molecule has 2 unspecified atom stereocenters. The number of likely N-dealkylation sites (tertiary alicyclic amines) is 1. The molecule has 78 valence electrons. The van der Waals surface area contributed by atoms with Crippen LogP contribution in [-0.4, -0.2) is 37.7 Å². The summed E-state index contributed by atoms with van der Waals surface area (Å²) in [6.07, 6.45) is 3.16. The van der Waals surface area contributed by atoms with Crippen molar-refractivity contribution in [1.82, 2.24) is 4.90 Å². The van der Waals surface area contributed by atoms with Crippen LogP contribution < -0.4 is 0 Å². The minimum absolute atomic E-state index is 0.627. The van der Waals surface area contributed by atoms with Crippen molar-refractivity contribution < 1.29 is 4.74 Å². The number of nitrogens with zero attached hydrogens (tertiary/aromatic N) is 2. The summed E-state index contributed by atoms with van der Waals surface area (Å²) >= 11 is 0. The molecule has 2 atom stereocenters. The standard InChI is InChI=1S/C11H18N2O/c12-4-1-10-2-5-13(7-10)8-11-3-6-14-9-11/h10-11H,1-3,5-9H2. The molecule has 2 saturated heterocycles. The zero-order chi connectivity index (χ0) is 9.80. The summed E-state index contributed by atoms with van der Waals surface area (Å²) in [5, 5.41) is 8.61. The van der Waals surface area contributed by atoms with Gasteiger partial charge in [0, 0.05) is 26.1 Å². The highest BCUT2D eigenvalue weighted by atomic mass is 16.5. The lowest BCUT2D eigenvalue weighted by atomic mass is 10.1. The molecular weight excluding hydrogens is 176 g/mol. The van der Waals surface area contributed by atoms with Gasteiger partial charge in [-0.2, -0.15) is 5.26 Å². The monoisotopic (exact) mass is 194 g/mol. The zero-order valence-electron chi connectivity index (χ0n) is 8.61. The maximum Gasteiger partial charge on any atom is 0.0625 e. The maximum absolute atomic E-state index is 8.61. The third-order valence-corrected chi connectivity index (χ3v) is 3.29. The minimum atomic E-state index is 0.627. The van der Waals surface area contributed by atoms with E-state index in [9.17, 15) is 0 Å². The lowest BCUT2D eigenvalue weighted by molar-refractivity contribution is 0.173. The van der Waals surface area contributed by atoms with E-state index in [0.29, 0.717) is 5.92 Å². The van der Waals surface area contributed by atoms with Crippen LogP contribution in [0.4, 0.5) is 0 Å². The van der Waals surface area contributed by atoms with E-state index in [-0.39, 0.29) is 0 Å². The summed E-state index contributed by atoms with van der Waals surface area (Å²) in [5.41, 5.74) is 0. The number of rotatable bonds is 3. The predicted molar refractivity (Wildman–Crippen MR) is 53.7 cm³/mol. The van der Waals surface area contributed by atoms with Crippen LogP contribution in [0, 0.1) is 23.2 Å². The molecule has 0 saturated carbocycles. The van der Waals surface area contributed by atoms with Crippen molar-refractivity contribution in [2.45, 2.75) is 19.3 Å². The van der Waals surface area contributed by atoms with E-state index in [1.54, 1.807) is 0 Å². The smallest absolute Gasteiger partial charge is 0.0625 e. The van der Waals surface area contributed by atoms with Crippen LogP contribution in [0.5, 0.6) is 0 Å². The number of hydrogen-bond donors (Lipinski definition) is 0. The van der Waals surface area contributed by atoms with Crippen LogP contribution in [-0.2, 0) is 4.74 Å². The Morgan fingerprint density at radius 1 is 1.36 bits per heavy atom. The fourth-order valence-electron chi connectivity index (χ4n) is 2.47. The molecule has 3 nitrogen and oxygen atoms in total. The first-order valence-corrected chi connectivity index (χ1v) is 5.55. The van der Waals surface area contributed by atoms with E-state index in [4.69, 9.17) is 10.00 Å². The Kier molecular flexibility index (Phi) is 3.39. The average molecular weight is 194 g/mol. The molecule has 3 heteroatoms. The second kappa shape index (κ2) is 4.77. The van der Waals surface area contributed by atoms with E-state index in [0.717, 1.165) is 32.1 Å². The molecule has 0 N–H and O–H groups in total. The van der Waals surface area contributed by atoms with Gasteiger partial charge in [0.25, 0.3) is 0 Å². The second-order valence-corrected chi connectivity index (χ2v) is 4.51. The average Bonchev–Trinajstić information content (AvgIpc) is 2.79. The first kappa shape index (κ1) is 9.95. The van der Waals surface area contributed by atoms with E-state index >= 15 is 0 Å². The third-order valence-electron chi connectivity index (χ3n) is 3.29. The van der Waals surface area contributed by atoms with Gasteiger partial charge in [-0.05, 0) is 31.2 Å². The van der Waals surface area contributed by atoms with Crippen LogP contribution in [0.1, 0.15) is 19.3 Å². The van der Waals surface area contributed by atoms with Crippen LogP contribution in [0.3, 0.4) is 0 Å². The first-order chi connectivity index (χ1) is 6.88. The van der Waals surface area contributed by atoms with Gasteiger partial charge in [-0.1, -0.05) is 0 Å². The van der Waals surface area contributed by atoms with Crippen molar-refractivity contribution in [1.29, 1.82) is 5.26 Å². The molecule has 2 aliphatic heterocycles. The van der Waals surface area contributed by atoms with E-state index in [1.165, 1.54) is 25.9 Å². The normalized spacial score (nSPS) is 33.4. The van der Waals surface area contributed by atoms with Gasteiger partial charge in [0.2, 0.25) is 0 Å². The molecule has 2 heterocycles. The molecule has 0 aromatic carbocycles. The van der Waals surface area contributed by atoms with Gasteiger partial charge in [0.1, 0.15) is 0 Å².